The minimum Gasteiger partial charge on any atom is -0.550 e. The Morgan fingerprint density at radius 2 is 1.41 bits per heavy atom. The van der Waals surface area contributed by atoms with Crippen molar-refractivity contribution in [3.8, 4) is 12.1 Å². The molecule has 4 N–H and O–H groups in total. The van der Waals surface area contributed by atoms with Crippen molar-refractivity contribution in [2.75, 3.05) is 4.93 Å². The maximum atomic E-state index is 10.2. The van der Waals surface area contributed by atoms with Crippen molar-refractivity contribution in [1.29, 1.82) is 10.5 Å². The molecule has 0 aliphatic carbocycles. The molecule has 0 fully saturated rings. The predicted octanol–water partition coefficient (Wildman–Crippen LogP) is -0.0592. The second-order valence-electron chi connectivity index (χ2n) is 4.33. The van der Waals surface area contributed by atoms with Gasteiger partial charge in [-0.05, 0) is 41.7 Å². The van der Waals surface area contributed by atoms with Crippen LogP contribution in [0.15, 0.2) is 53.7 Å². The van der Waals surface area contributed by atoms with Crippen LogP contribution in [0.4, 0.5) is 0 Å². The molecule has 0 unspecified atom stereocenters. The quantitative estimate of drug-likeness (QED) is 0.0831. The molecule has 170 valence electrons. The molecule has 0 heterocycles. The summed E-state index contributed by atoms with van der Waals surface area (Å²) in [6.07, 6.45) is 2.00. The zero-order chi connectivity index (χ0) is 23.1. The minimum atomic E-state index is -1.08. The van der Waals surface area contributed by atoms with Crippen LogP contribution in [0.2, 0.25) is 0 Å². The second-order valence-corrected chi connectivity index (χ2v) is 4.33. The Bertz CT molecular complexity index is 839. The van der Waals surface area contributed by atoms with Gasteiger partial charge in [0.1, 0.15) is 6.29 Å². The average Bonchev–Trinajstić information content (AvgIpc) is 2.77. The van der Waals surface area contributed by atoms with Crippen LogP contribution in [-0.2, 0) is 4.79 Å². The zero-order valence-corrected chi connectivity index (χ0v) is 22.1. The summed E-state index contributed by atoms with van der Waals surface area (Å²) in [6.45, 7) is 0.972. The molecule has 0 saturated heterocycles. The molecule has 0 aliphatic rings. The Balaban J connectivity index is -0.0000000749. The smallest absolute Gasteiger partial charge is 0.550 e. The summed E-state index contributed by atoms with van der Waals surface area (Å²) >= 11 is 2.15. The van der Waals surface area contributed by atoms with Crippen LogP contribution < -0.4 is 40.6 Å². The third-order valence-electron chi connectivity index (χ3n) is 2.37. The summed E-state index contributed by atoms with van der Waals surface area (Å²) in [6, 6.07) is 17.3. The number of nitriles is 2. The number of hydrogen-bond donors (Lipinski definition) is 3. The maximum absolute atomic E-state index is 10.2. The molecule has 2 aromatic rings. The average molecular weight is 587 g/mol. The van der Waals surface area contributed by atoms with Gasteiger partial charge in [0.05, 0.1) is 29.5 Å². The number of nitrogens with two attached hydrogens (primary N) is 1. The van der Waals surface area contributed by atoms with Gasteiger partial charge >= 0.3 is 29.6 Å². The molecule has 0 spiro atoms. The Labute approximate surface area is 230 Å². The maximum Gasteiger partial charge on any atom is 1.00 e. The van der Waals surface area contributed by atoms with Crippen molar-refractivity contribution in [3.63, 3.8) is 0 Å². The van der Waals surface area contributed by atoms with Gasteiger partial charge in [0, 0.05) is 11.5 Å². The molecule has 2 aromatic carbocycles. The molecule has 0 amide bonds. The summed E-state index contributed by atoms with van der Waals surface area (Å²) in [5, 5.41) is 43.3. The molecular weight excluding hydrogens is 562 g/mol. The molecule has 9 nitrogen and oxygen atoms in total. The molecule has 12 heteroatoms. The number of hydrogen-bond acceptors (Lipinski definition) is 9. The molecule has 32 heavy (non-hydrogen) atoms. The number of nitrogens with zero attached hydrogens (tertiary/aromatic N) is 3. The van der Waals surface area contributed by atoms with Crippen LogP contribution in [0.5, 0.6) is 0 Å². The van der Waals surface area contributed by atoms with Gasteiger partial charge in [0.25, 0.3) is 0 Å². The number of halogens is 2. The largest absolute Gasteiger partial charge is 1.00 e. The molecule has 0 radical (unpaired) electrons. The van der Waals surface area contributed by atoms with Gasteiger partial charge < -0.3 is 20.3 Å². The van der Waals surface area contributed by atoms with E-state index >= 15 is 0 Å². The second kappa shape index (κ2) is 33.6. The van der Waals surface area contributed by atoms with Gasteiger partial charge in [0.2, 0.25) is 0 Å². The zero-order valence-electron chi connectivity index (χ0n) is 17.1. The number of aldehydes is 1. The van der Waals surface area contributed by atoms with Gasteiger partial charge in [-0.15, -0.1) is 12.4 Å². The van der Waals surface area contributed by atoms with E-state index in [-0.39, 0.29) is 49.4 Å². The Morgan fingerprint density at radius 1 is 1.06 bits per heavy atom. The van der Waals surface area contributed by atoms with Crippen LogP contribution in [-0.4, -0.2) is 33.8 Å². The summed E-state index contributed by atoms with van der Waals surface area (Å²) in [5.41, 5.74) is 2.33. The van der Waals surface area contributed by atoms with Crippen molar-refractivity contribution >= 4 is 53.5 Å². The number of alkyl halides is 1. The van der Waals surface area contributed by atoms with Gasteiger partial charge in [0.15, 0.2) is 0 Å². The number of aliphatic carboxylic acids is 1. The fraction of sp³-hybridized carbons (Fsp3) is 0.150. The van der Waals surface area contributed by atoms with Gasteiger partial charge in [-0.1, -0.05) is 59.4 Å². The Kier molecular flexibility index (Phi) is 46.0. The van der Waals surface area contributed by atoms with Crippen molar-refractivity contribution in [2.24, 2.45) is 11.1 Å². The van der Waals surface area contributed by atoms with E-state index in [1.165, 1.54) is 6.21 Å². The predicted molar refractivity (Wildman–Crippen MR) is 128 cm³/mol. The van der Waals surface area contributed by atoms with E-state index in [9.17, 15) is 4.79 Å². The van der Waals surface area contributed by atoms with Crippen molar-refractivity contribution in [1.82, 2.24) is 0 Å². The number of rotatable bonds is 2. The number of oxime groups is 1. The standard InChI is InChI=1S/C8H6N2O.C8H5NO.C2H4O2.CH3I.CH4.ClH.H3NO.Na/c9-5-7-2-1-3-8(4-7)6-10-11;9-5-7-2-1-3-8(4-7)6-10;1-2(3)4;1-2;;;1-2;/h1-4,6,11H;1-4,6H;1H3,(H,3,4);1H3;1H4;1H;2H,1H2;/q;;;;;;;+1/p-1. The van der Waals surface area contributed by atoms with E-state index in [1.54, 1.807) is 48.5 Å². The van der Waals surface area contributed by atoms with Gasteiger partial charge in [-0.3, -0.25) is 4.79 Å². The summed E-state index contributed by atoms with van der Waals surface area (Å²) < 4.78 is 0. The molecule has 0 aromatic heterocycles. The van der Waals surface area contributed by atoms with E-state index < -0.39 is 5.97 Å². The van der Waals surface area contributed by atoms with E-state index in [0.29, 0.717) is 22.3 Å². The molecule has 2 rings (SSSR count). The van der Waals surface area contributed by atoms with Crippen molar-refractivity contribution < 1.29 is 54.7 Å². The number of carbonyl (C=O) groups is 2. The molecule has 0 atom stereocenters. The monoisotopic (exact) mass is 586 g/mol. The number of carboxylic acids is 1. The van der Waals surface area contributed by atoms with Crippen LogP contribution in [0.25, 0.3) is 0 Å². The first kappa shape index (κ1) is 43.8. The number of benzene rings is 2. The van der Waals surface area contributed by atoms with Crippen LogP contribution in [0.1, 0.15) is 41.4 Å². The van der Waals surface area contributed by atoms with E-state index in [4.69, 9.17) is 30.8 Å². The van der Waals surface area contributed by atoms with Crippen LogP contribution >= 0.6 is 35.0 Å². The van der Waals surface area contributed by atoms with E-state index in [0.717, 1.165) is 13.2 Å². The third kappa shape index (κ3) is 28.0. The van der Waals surface area contributed by atoms with Gasteiger partial charge in [-0.25, -0.2) is 5.90 Å². The fourth-order valence-corrected chi connectivity index (χ4v) is 1.44. The van der Waals surface area contributed by atoms with Crippen LogP contribution in [0.3, 0.4) is 0 Å². The fourth-order valence-electron chi connectivity index (χ4n) is 1.44. The molecule has 0 aliphatic heterocycles. The van der Waals surface area contributed by atoms with E-state index in [1.807, 2.05) is 17.1 Å². The van der Waals surface area contributed by atoms with E-state index in [2.05, 4.69) is 33.6 Å². The topological polar surface area (TPSA) is 184 Å². The first-order valence-electron chi connectivity index (χ1n) is 7.41. The SMILES string of the molecule is C.CC(=O)[O-].CI.Cl.N#Cc1cccc(C=NO)c1.N#Cc1cccc(C=O)c1.NO.[Na+]. The van der Waals surface area contributed by atoms with Crippen LogP contribution in [0, 0.1) is 22.7 Å². The van der Waals surface area contributed by atoms with Crippen molar-refractivity contribution in [3.05, 3.63) is 70.8 Å². The third-order valence-corrected chi connectivity index (χ3v) is 2.37. The first-order chi connectivity index (χ1) is 14.0. The first-order valence-corrected chi connectivity index (χ1v) is 9.56. The normalized spacial score (nSPS) is 7.09. The Morgan fingerprint density at radius 3 is 1.72 bits per heavy atom. The number of carboxylic acid groups (broad SMARTS) is 1. The van der Waals surface area contributed by atoms with Gasteiger partial charge in [-0.2, -0.15) is 10.5 Å². The molecule has 0 saturated carbocycles. The Hall–Kier alpha value is -2.03. The van der Waals surface area contributed by atoms with Crippen molar-refractivity contribution in [2.45, 2.75) is 14.4 Å². The molecule has 0 bridgehead atoms. The molecular formula is C20H25ClIN4NaO5. The summed E-state index contributed by atoms with van der Waals surface area (Å²) in [5.74, 6) is 2.42. The minimum absolute atomic E-state index is 0. The number of carbonyl (C=O) groups excluding carboxylic acids is 2. The summed E-state index contributed by atoms with van der Waals surface area (Å²) in [7, 11) is 0. The summed E-state index contributed by atoms with van der Waals surface area (Å²) in [4.78, 5) is 21.0.